The van der Waals surface area contributed by atoms with E-state index in [0.717, 1.165) is 0 Å². The SMILES string of the molecule is CCc1scc2c1CCCC2. The van der Waals surface area contributed by atoms with Crippen molar-refractivity contribution < 1.29 is 0 Å². The molecular weight excluding hydrogens is 152 g/mol. The van der Waals surface area contributed by atoms with E-state index in [0.29, 0.717) is 0 Å². The van der Waals surface area contributed by atoms with Gasteiger partial charge in [0, 0.05) is 4.88 Å². The largest absolute Gasteiger partial charge is 0.148 e. The van der Waals surface area contributed by atoms with Gasteiger partial charge in [0.05, 0.1) is 0 Å². The maximum absolute atomic E-state index is 2.37. The Morgan fingerprint density at radius 2 is 2.18 bits per heavy atom. The molecule has 0 atom stereocenters. The Labute approximate surface area is 72.3 Å². The molecule has 0 saturated carbocycles. The predicted octanol–water partition coefficient (Wildman–Crippen LogP) is 3.19. The van der Waals surface area contributed by atoms with Gasteiger partial charge in [-0.3, -0.25) is 0 Å². The molecule has 0 N–H and O–H groups in total. The van der Waals surface area contributed by atoms with E-state index in [2.05, 4.69) is 12.3 Å². The molecule has 0 amide bonds. The zero-order valence-electron chi connectivity index (χ0n) is 7.02. The van der Waals surface area contributed by atoms with Crippen LogP contribution in [0.5, 0.6) is 0 Å². The third-order valence-corrected chi connectivity index (χ3v) is 3.73. The van der Waals surface area contributed by atoms with Crippen molar-refractivity contribution >= 4 is 11.3 Å². The van der Waals surface area contributed by atoms with Gasteiger partial charge in [-0.15, -0.1) is 11.3 Å². The summed E-state index contributed by atoms with van der Waals surface area (Å²) in [6.07, 6.45) is 6.75. The van der Waals surface area contributed by atoms with Crippen LogP contribution in [-0.2, 0) is 19.3 Å². The van der Waals surface area contributed by atoms with Crippen molar-refractivity contribution in [3.05, 3.63) is 21.4 Å². The van der Waals surface area contributed by atoms with Crippen molar-refractivity contribution in [1.29, 1.82) is 0 Å². The first kappa shape index (κ1) is 7.35. The second-order valence-corrected chi connectivity index (χ2v) is 4.19. The van der Waals surface area contributed by atoms with Gasteiger partial charge in [-0.05, 0) is 48.6 Å². The van der Waals surface area contributed by atoms with Crippen molar-refractivity contribution in [3.8, 4) is 0 Å². The summed E-state index contributed by atoms with van der Waals surface area (Å²) in [5.74, 6) is 0. The molecule has 0 saturated heterocycles. The molecule has 1 aromatic rings. The molecule has 1 aliphatic rings. The third kappa shape index (κ3) is 1.22. The van der Waals surface area contributed by atoms with Crippen LogP contribution in [-0.4, -0.2) is 0 Å². The van der Waals surface area contributed by atoms with Crippen LogP contribution in [0.25, 0.3) is 0 Å². The summed E-state index contributed by atoms with van der Waals surface area (Å²) < 4.78 is 0. The first-order valence-corrected chi connectivity index (χ1v) is 5.38. The van der Waals surface area contributed by atoms with Gasteiger partial charge in [0.25, 0.3) is 0 Å². The zero-order valence-corrected chi connectivity index (χ0v) is 7.84. The Morgan fingerprint density at radius 3 is 3.00 bits per heavy atom. The number of hydrogen-bond donors (Lipinski definition) is 0. The molecule has 0 unspecified atom stereocenters. The van der Waals surface area contributed by atoms with E-state index in [9.17, 15) is 0 Å². The van der Waals surface area contributed by atoms with Crippen LogP contribution in [0.2, 0.25) is 0 Å². The maximum Gasteiger partial charge on any atom is 0.00773 e. The average Bonchev–Trinajstić information content (AvgIpc) is 2.47. The fraction of sp³-hybridized carbons (Fsp3) is 0.600. The highest BCUT2D eigenvalue weighted by Gasteiger charge is 2.13. The van der Waals surface area contributed by atoms with Gasteiger partial charge < -0.3 is 0 Å². The molecule has 11 heavy (non-hydrogen) atoms. The van der Waals surface area contributed by atoms with Crippen molar-refractivity contribution in [3.63, 3.8) is 0 Å². The number of thiophene rings is 1. The number of hydrogen-bond acceptors (Lipinski definition) is 1. The van der Waals surface area contributed by atoms with Crippen LogP contribution in [0.1, 0.15) is 35.8 Å². The van der Waals surface area contributed by atoms with Crippen LogP contribution in [0, 0.1) is 0 Å². The summed E-state index contributed by atoms with van der Waals surface area (Å²) in [5.41, 5.74) is 3.35. The van der Waals surface area contributed by atoms with Crippen LogP contribution in [0.4, 0.5) is 0 Å². The Hall–Kier alpha value is -0.300. The molecule has 1 heteroatoms. The second-order valence-electron chi connectivity index (χ2n) is 3.22. The van der Waals surface area contributed by atoms with E-state index < -0.39 is 0 Å². The number of rotatable bonds is 1. The summed E-state index contributed by atoms with van der Waals surface area (Å²) in [6.45, 7) is 2.26. The summed E-state index contributed by atoms with van der Waals surface area (Å²) in [7, 11) is 0. The molecular formula is C10H14S. The van der Waals surface area contributed by atoms with Crippen molar-refractivity contribution in [2.45, 2.75) is 39.0 Å². The van der Waals surface area contributed by atoms with Crippen LogP contribution in [0.15, 0.2) is 5.38 Å². The average molecular weight is 166 g/mol. The highest BCUT2D eigenvalue weighted by atomic mass is 32.1. The van der Waals surface area contributed by atoms with Gasteiger partial charge in [0.1, 0.15) is 0 Å². The molecule has 1 aliphatic carbocycles. The molecule has 0 fully saturated rings. The first-order chi connectivity index (χ1) is 5.42. The molecule has 0 bridgehead atoms. The zero-order chi connectivity index (χ0) is 7.68. The van der Waals surface area contributed by atoms with E-state index in [1.807, 2.05) is 11.3 Å². The van der Waals surface area contributed by atoms with Crippen LogP contribution in [0.3, 0.4) is 0 Å². The monoisotopic (exact) mass is 166 g/mol. The topological polar surface area (TPSA) is 0 Å². The summed E-state index contributed by atoms with van der Waals surface area (Å²) >= 11 is 1.97. The maximum atomic E-state index is 2.37. The molecule has 60 valence electrons. The minimum atomic E-state index is 1.24. The quantitative estimate of drug-likeness (QED) is 0.601. The molecule has 2 rings (SSSR count). The lowest BCUT2D eigenvalue weighted by atomic mass is 9.93. The van der Waals surface area contributed by atoms with Gasteiger partial charge in [0.15, 0.2) is 0 Å². The highest BCUT2D eigenvalue weighted by molar-refractivity contribution is 7.10. The molecule has 1 heterocycles. The van der Waals surface area contributed by atoms with E-state index in [1.54, 1.807) is 16.0 Å². The fourth-order valence-electron chi connectivity index (χ4n) is 1.89. The second kappa shape index (κ2) is 2.98. The lowest BCUT2D eigenvalue weighted by molar-refractivity contribution is 0.685. The van der Waals surface area contributed by atoms with Gasteiger partial charge in [0.2, 0.25) is 0 Å². The lowest BCUT2D eigenvalue weighted by Gasteiger charge is -2.11. The van der Waals surface area contributed by atoms with Crippen LogP contribution >= 0.6 is 11.3 Å². The predicted molar refractivity (Wildman–Crippen MR) is 50.3 cm³/mol. The fourth-order valence-corrected chi connectivity index (χ4v) is 2.97. The summed E-state index contributed by atoms with van der Waals surface area (Å²) in [4.78, 5) is 1.64. The van der Waals surface area contributed by atoms with Gasteiger partial charge >= 0.3 is 0 Å². The van der Waals surface area contributed by atoms with Crippen molar-refractivity contribution in [2.75, 3.05) is 0 Å². The lowest BCUT2D eigenvalue weighted by Crippen LogP contribution is -2.00. The molecule has 0 nitrogen and oxygen atoms in total. The van der Waals surface area contributed by atoms with Crippen molar-refractivity contribution in [2.24, 2.45) is 0 Å². The van der Waals surface area contributed by atoms with Crippen molar-refractivity contribution in [1.82, 2.24) is 0 Å². The molecule has 0 spiro atoms. The van der Waals surface area contributed by atoms with E-state index in [-0.39, 0.29) is 0 Å². The van der Waals surface area contributed by atoms with Gasteiger partial charge in [-0.2, -0.15) is 0 Å². The molecule has 0 aromatic carbocycles. The van der Waals surface area contributed by atoms with Gasteiger partial charge in [-0.1, -0.05) is 6.92 Å². The molecule has 0 aliphatic heterocycles. The summed E-state index contributed by atoms with van der Waals surface area (Å²) in [6, 6.07) is 0. The Kier molecular flexibility index (Phi) is 1.99. The molecule has 0 radical (unpaired) electrons. The smallest absolute Gasteiger partial charge is 0.00773 e. The number of aryl methyl sites for hydroxylation is 2. The summed E-state index contributed by atoms with van der Waals surface area (Å²) in [5, 5.41) is 2.37. The molecule has 1 aromatic heterocycles. The Bertz CT molecular complexity index is 234. The standard InChI is InChI=1S/C10H14S/c1-2-10-9-6-4-3-5-8(9)7-11-10/h7H,2-6H2,1H3. The minimum absolute atomic E-state index is 1.24. The normalized spacial score (nSPS) is 16.5. The third-order valence-electron chi connectivity index (χ3n) is 2.51. The highest BCUT2D eigenvalue weighted by Crippen LogP contribution is 2.29. The van der Waals surface area contributed by atoms with Gasteiger partial charge in [-0.25, -0.2) is 0 Å². The number of fused-ring (bicyclic) bond motifs is 1. The van der Waals surface area contributed by atoms with E-state index in [1.165, 1.54) is 32.1 Å². The Morgan fingerprint density at radius 1 is 1.36 bits per heavy atom. The van der Waals surface area contributed by atoms with E-state index >= 15 is 0 Å². The van der Waals surface area contributed by atoms with E-state index in [4.69, 9.17) is 0 Å². The Balaban J connectivity index is 2.38. The first-order valence-electron chi connectivity index (χ1n) is 4.50. The minimum Gasteiger partial charge on any atom is -0.148 e. The van der Waals surface area contributed by atoms with Crippen LogP contribution < -0.4 is 0 Å².